The Morgan fingerprint density at radius 2 is 1.86 bits per heavy atom. The molecule has 1 amide bonds. The van der Waals surface area contributed by atoms with Crippen LogP contribution in [0.15, 0.2) is 28.7 Å². The van der Waals surface area contributed by atoms with E-state index in [9.17, 15) is 4.79 Å². The number of halogens is 1. The number of ether oxygens (including phenoxy) is 1. The molecule has 21 heavy (non-hydrogen) atoms. The second-order valence-electron chi connectivity index (χ2n) is 5.42. The van der Waals surface area contributed by atoms with Gasteiger partial charge < -0.3 is 9.64 Å². The van der Waals surface area contributed by atoms with Crippen LogP contribution < -0.4 is 4.74 Å². The summed E-state index contributed by atoms with van der Waals surface area (Å²) < 4.78 is 6.55. The first-order valence-corrected chi connectivity index (χ1v) is 8.29. The molecule has 1 atom stereocenters. The number of amides is 1. The molecule has 0 saturated carbocycles. The molecule has 2 rings (SSSR count). The molecule has 0 radical (unpaired) electrons. The van der Waals surface area contributed by atoms with Crippen LogP contribution in [0.5, 0.6) is 5.75 Å². The van der Waals surface area contributed by atoms with Gasteiger partial charge >= 0.3 is 0 Å². The molecule has 1 fully saturated rings. The van der Waals surface area contributed by atoms with E-state index in [1.54, 1.807) is 0 Å². The molecule has 0 bridgehead atoms. The van der Waals surface area contributed by atoms with Gasteiger partial charge in [-0.2, -0.15) is 0 Å². The van der Waals surface area contributed by atoms with E-state index >= 15 is 0 Å². The lowest BCUT2D eigenvalue weighted by atomic mass is 10.2. The number of hydrogen-bond acceptors (Lipinski definition) is 3. The fourth-order valence-corrected chi connectivity index (χ4v) is 2.70. The van der Waals surface area contributed by atoms with Crippen molar-refractivity contribution in [2.75, 3.05) is 32.8 Å². The summed E-state index contributed by atoms with van der Waals surface area (Å²) in [5.41, 5.74) is 0. The summed E-state index contributed by atoms with van der Waals surface area (Å²) in [5.74, 6) is 0.798. The molecule has 1 aliphatic rings. The van der Waals surface area contributed by atoms with Crippen molar-refractivity contribution < 1.29 is 9.53 Å². The second-order valence-corrected chi connectivity index (χ2v) is 6.33. The van der Waals surface area contributed by atoms with Gasteiger partial charge in [0.1, 0.15) is 5.75 Å². The van der Waals surface area contributed by atoms with Crippen LogP contribution in [0, 0.1) is 0 Å². The maximum Gasteiger partial charge on any atom is 0.260 e. The Kier molecular flexibility index (Phi) is 6.06. The number of carbonyl (C=O) groups is 1. The highest BCUT2D eigenvalue weighted by Crippen LogP contribution is 2.16. The van der Waals surface area contributed by atoms with Crippen molar-refractivity contribution in [1.82, 2.24) is 9.80 Å². The monoisotopic (exact) mass is 354 g/mol. The van der Waals surface area contributed by atoms with E-state index in [-0.39, 0.29) is 12.5 Å². The van der Waals surface area contributed by atoms with Gasteiger partial charge in [0.15, 0.2) is 6.61 Å². The molecule has 1 aliphatic heterocycles. The van der Waals surface area contributed by atoms with Gasteiger partial charge in [-0.25, -0.2) is 0 Å². The van der Waals surface area contributed by atoms with Crippen LogP contribution in [0.1, 0.15) is 20.3 Å². The lowest BCUT2D eigenvalue weighted by Crippen LogP contribution is -2.52. The smallest absolute Gasteiger partial charge is 0.260 e. The predicted octanol–water partition coefficient (Wildman–Crippen LogP) is 2.77. The van der Waals surface area contributed by atoms with Crippen LogP contribution in [-0.4, -0.2) is 54.5 Å². The molecule has 1 heterocycles. The molecule has 1 aromatic carbocycles. The molecular weight excluding hydrogens is 332 g/mol. The van der Waals surface area contributed by atoms with Gasteiger partial charge in [-0.1, -0.05) is 22.9 Å². The van der Waals surface area contributed by atoms with E-state index in [0.717, 1.165) is 42.8 Å². The average Bonchev–Trinajstić information content (AvgIpc) is 2.53. The number of hydrogen-bond donors (Lipinski definition) is 0. The highest BCUT2D eigenvalue weighted by molar-refractivity contribution is 9.10. The Labute approximate surface area is 135 Å². The Hall–Kier alpha value is -1.07. The Morgan fingerprint density at radius 1 is 1.24 bits per heavy atom. The van der Waals surface area contributed by atoms with Crippen LogP contribution in [0.25, 0.3) is 0 Å². The van der Waals surface area contributed by atoms with Crippen molar-refractivity contribution in [2.24, 2.45) is 0 Å². The van der Waals surface area contributed by atoms with Crippen molar-refractivity contribution in [2.45, 2.75) is 26.3 Å². The molecule has 5 heteroatoms. The SMILES string of the molecule is CC[C@@H](C)N1CCN(C(=O)COc2ccc(Br)cc2)CC1. The third-order valence-corrected chi connectivity index (χ3v) is 4.59. The summed E-state index contributed by atoms with van der Waals surface area (Å²) in [4.78, 5) is 16.5. The minimum atomic E-state index is 0.0710. The molecule has 0 N–H and O–H groups in total. The predicted molar refractivity (Wildman–Crippen MR) is 87.5 cm³/mol. The van der Waals surface area contributed by atoms with Gasteiger partial charge in [0, 0.05) is 36.7 Å². The van der Waals surface area contributed by atoms with Gasteiger partial charge in [0.05, 0.1) is 0 Å². The number of rotatable bonds is 5. The van der Waals surface area contributed by atoms with Crippen LogP contribution in [0.4, 0.5) is 0 Å². The van der Waals surface area contributed by atoms with Gasteiger partial charge in [0.25, 0.3) is 5.91 Å². The largest absolute Gasteiger partial charge is 0.484 e. The number of benzene rings is 1. The number of carbonyl (C=O) groups excluding carboxylic acids is 1. The van der Waals surface area contributed by atoms with E-state index in [1.807, 2.05) is 29.2 Å². The molecule has 0 aromatic heterocycles. The Bertz CT molecular complexity index is 456. The van der Waals surface area contributed by atoms with E-state index in [0.29, 0.717) is 6.04 Å². The normalized spacial score (nSPS) is 17.6. The Morgan fingerprint density at radius 3 is 2.43 bits per heavy atom. The topological polar surface area (TPSA) is 32.8 Å². The van der Waals surface area contributed by atoms with Crippen molar-refractivity contribution >= 4 is 21.8 Å². The highest BCUT2D eigenvalue weighted by Gasteiger charge is 2.23. The highest BCUT2D eigenvalue weighted by atomic mass is 79.9. The molecule has 1 saturated heterocycles. The van der Waals surface area contributed by atoms with E-state index in [2.05, 4.69) is 34.7 Å². The van der Waals surface area contributed by atoms with Gasteiger partial charge in [-0.05, 0) is 37.6 Å². The van der Waals surface area contributed by atoms with Crippen LogP contribution in [0.2, 0.25) is 0 Å². The first kappa shape index (κ1) is 16.3. The second kappa shape index (κ2) is 7.80. The maximum atomic E-state index is 12.2. The fraction of sp³-hybridized carbons (Fsp3) is 0.562. The minimum absolute atomic E-state index is 0.0710. The fourth-order valence-electron chi connectivity index (χ4n) is 2.44. The van der Waals surface area contributed by atoms with Crippen molar-refractivity contribution in [3.8, 4) is 5.75 Å². The summed E-state index contributed by atoms with van der Waals surface area (Å²) in [6.45, 7) is 8.07. The quantitative estimate of drug-likeness (QED) is 0.814. The maximum absolute atomic E-state index is 12.2. The Balaban J connectivity index is 1.76. The van der Waals surface area contributed by atoms with Crippen LogP contribution in [-0.2, 0) is 4.79 Å². The van der Waals surface area contributed by atoms with Crippen LogP contribution >= 0.6 is 15.9 Å². The molecule has 116 valence electrons. The summed E-state index contributed by atoms with van der Waals surface area (Å²) in [6.07, 6.45) is 1.15. The standard InChI is InChI=1S/C16H23BrN2O2/c1-3-13(2)18-8-10-19(11-9-18)16(20)12-21-15-6-4-14(17)5-7-15/h4-7,13H,3,8-12H2,1-2H3/t13-/m1/s1. The van der Waals surface area contributed by atoms with E-state index in [4.69, 9.17) is 4.74 Å². The van der Waals surface area contributed by atoms with E-state index < -0.39 is 0 Å². The summed E-state index contributed by atoms with van der Waals surface area (Å²) in [5, 5.41) is 0. The molecule has 4 nitrogen and oxygen atoms in total. The van der Waals surface area contributed by atoms with Crippen molar-refractivity contribution in [3.63, 3.8) is 0 Å². The minimum Gasteiger partial charge on any atom is -0.484 e. The van der Waals surface area contributed by atoms with Gasteiger partial charge in [0.2, 0.25) is 0 Å². The number of piperazine rings is 1. The van der Waals surface area contributed by atoms with Crippen LogP contribution in [0.3, 0.4) is 0 Å². The summed E-state index contributed by atoms with van der Waals surface area (Å²) >= 11 is 3.38. The molecule has 1 aromatic rings. The zero-order chi connectivity index (χ0) is 15.2. The van der Waals surface area contributed by atoms with E-state index in [1.165, 1.54) is 0 Å². The molecule has 0 spiro atoms. The average molecular weight is 355 g/mol. The lowest BCUT2D eigenvalue weighted by Gasteiger charge is -2.37. The zero-order valence-electron chi connectivity index (χ0n) is 12.7. The molecule has 0 unspecified atom stereocenters. The summed E-state index contributed by atoms with van der Waals surface area (Å²) in [6, 6.07) is 8.13. The van der Waals surface area contributed by atoms with Gasteiger partial charge in [-0.15, -0.1) is 0 Å². The molecule has 0 aliphatic carbocycles. The third-order valence-electron chi connectivity index (χ3n) is 4.06. The number of nitrogens with zero attached hydrogens (tertiary/aromatic N) is 2. The zero-order valence-corrected chi connectivity index (χ0v) is 14.3. The third kappa shape index (κ3) is 4.71. The van der Waals surface area contributed by atoms with Crippen molar-refractivity contribution in [3.05, 3.63) is 28.7 Å². The van der Waals surface area contributed by atoms with Crippen molar-refractivity contribution in [1.29, 1.82) is 0 Å². The lowest BCUT2D eigenvalue weighted by molar-refractivity contribution is -0.135. The first-order chi connectivity index (χ1) is 10.1. The molecular formula is C16H23BrN2O2. The van der Waals surface area contributed by atoms with Gasteiger partial charge in [-0.3, -0.25) is 9.69 Å². The summed E-state index contributed by atoms with van der Waals surface area (Å²) in [7, 11) is 0. The first-order valence-electron chi connectivity index (χ1n) is 7.50.